The van der Waals surface area contributed by atoms with Crippen LogP contribution in [0, 0.1) is 11.8 Å². The van der Waals surface area contributed by atoms with Crippen LogP contribution in [0.3, 0.4) is 0 Å². The third-order valence-electron chi connectivity index (χ3n) is 7.36. The molecule has 0 bridgehead atoms. The van der Waals surface area contributed by atoms with Crippen molar-refractivity contribution in [1.82, 2.24) is 25.8 Å². The van der Waals surface area contributed by atoms with Crippen LogP contribution in [0.15, 0.2) is 10.6 Å². The van der Waals surface area contributed by atoms with E-state index in [9.17, 15) is 33.1 Å². The minimum atomic E-state index is -3.20. The molecule has 4 aliphatic rings. The van der Waals surface area contributed by atoms with Crippen molar-refractivity contribution in [2.24, 2.45) is 11.8 Å². The molecule has 13 heteroatoms. The van der Waals surface area contributed by atoms with Crippen LogP contribution >= 0.6 is 11.8 Å². The Morgan fingerprint density at radius 3 is 2.57 bits per heavy atom. The zero-order chi connectivity index (χ0) is 25.6. The third kappa shape index (κ3) is 4.65. The van der Waals surface area contributed by atoms with Gasteiger partial charge in [-0.3, -0.25) is 14.4 Å². The zero-order valence-corrected chi connectivity index (χ0v) is 20.6. The average Bonchev–Trinajstić information content (AvgIpc) is 3.35. The van der Waals surface area contributed by atoms with Gasteiger partial charge in [0.2, 0.25) is 11.8 Å². The fourth-order valence-corrected chi connectivity index (χ4v) is 7.08. The van der Waals surface area contributed by atoms with E-state index in [2.05, 4.69) is 16.0 Å². The highest BCUT2D eigenvalue weighted by Crippen LogP contribution is 2.51. The summed E-state index contributed by atoms with van der Waals surface area (Å²) < 4.78 is 25.3. The molecule has 4 N–H and O–H groups in total. The summed E-state index contributed by atoms with van der Waals surface area (Å²) in [4.78, 5) is 53.0. The number of aliphatic carboxylic acids is 1. The van der Waals surface area contributed by atoms with E-state index in [0.717, 1.165) is 13.1 Å². The van der Waals surface area contributed by atoms with Gasteiger partial charge in [-0.05, 0) is 20.3 Å². The van der Waals surface area contributed by atoms with Crippen molar-refractivity contribution in [2.45, 2.75) is 63.0 Å². The van der Waals surface area contributed by atoms with Gasteiger partial charge >= 0.3 is 12.4 Å². The lowest BCUT2D eigenvalue weighted by molar-refractivity contribution is -0.159. The van der Waals surface area contributed by atoms with Gasteiger partial charge in [0.15, 0.2) is 0 Å². The van der Waals surface area contributed by atoms with E-state index in [-0.39, 0.29) is 34.9 Å². The van der Waals surface area contributed by atoms with Crippen molar-refractivity contribution < 1.29 is 33.1 Å². The minimum Gasteiger partial charge on any atom is -0.477 e. The van der Waals surface area contributed by atoms with Gasteiger partial charge in [0.25, 0.3) is 5.91 Å². The second kappa shape index (κ2) is 10.0. The van der Waals surface area contributed by atoms with Crippen molar-refractivity contribution in [2.75, 3.05) is 26.2 Å². The molecule has 4 heterocycles. The molecular weight excluding hydrogens is 484 g/mol. The van der Waals surface area contributed by atoms with Crippen LogP contribution in [0.5, 0.6) is 0 Å². The van der Waals surface area contributed by atoms with E-state index in [1.807, 2.05) is 18.7 Å². The lowest BCUT2D eigenvalue weighted by Crippen LogP contribution is -2.66. The van der Waals surface area contributed by atoms with E-state index in [4.69, 9.17) is 0 Å². The van der Waals surface area contributed by atoms with Gasteiger partial charge < -0.3 is 30.9 Å². The number of carbonyl (C=O) groups excluding carboxylic acids is 3. The number of β-lactam (4-membered cyclic amide) rings is 1. The predicted octanol–water partition coefficient (Wildman–Crippen LogP) is -0.187. The van der Waals surface area contributed by atoms with Crippen molar-refractivity contribution >= 4 is 35.5 Å². The first-order chi connectivity index (χ1) is 16.5. The van der Waals surface area contributed by atoms with Gasteiger partial charge in [-0.2, -0.15) is 8.78 Å². The first-order valence-electron chi connectivity index (χ1n) is 11.8. The van der Waals surface area contributed by atoms with Gasteiger partial charge in [-0.25, -0.2) is 4.79 Å². The Kier molecular flexibility index (Phi) is 7.39. The average molecular weight is 516 g/mol. The quantitative estimate of drug-likeness (QED) is 0.344. The number of carbonyl (C=O) groups is 4. The van der Waals surface area contributed by atoms with Crippen LogP contribution in [0.1, 0.15) is 27.2 Å². The number of alkyl halides is 2. The van der Waals surface area contributed by atoms with E-state index < -0.39 is 42.2 Å². The number of rotatable bonds is 7. The highest BCUT2D eigenvalue weighted by atomic mass is 32.2. The number of nitrogens with one attached hydrogen (secondary N) is 3. The Labute approximate surface area is 206 Å². The molecule has 0 aromatic carbocycles. The molecule has 0 saturated carbocycles. The Morgan fingerprint density at radius 2 is 1.94 bits per heavy atom. The number of thioether (sulfide) groups is 1. The summed E-state index contributed by atoms with van der Waals surface area (Å²) in [6.45, 7) is 7.94. The molecule has 4 rings (SSSR count). The summed E-state index contributed by atoms with van der Waals surface area (Å²) in [6, 6.07) is -1.64. The Balaban J connectivity index is 1.44. The summed E-state index contributed by atoms with van der Waals surface area (Å²) in [6.07, 6.45) is -2.66. The molecule has 3 amide bonds. The molecule has 10 nitrogen and oxygen atoms in total. The second-order valence-corrected chi connectivity index (χ2v) is 11.0. The minimum absolute atomic E-state index is 0.0386. The monoisotopic (exact) mass is 515 g/mol. The lowest BCUT2D eigenvalue weighted by atomic mass is 9.78. The van der Waals surface area contributed by atoms with Crippen molar-refractivity contribution in [3.63, 3.8) is 0 Å². The van der Waals surface area contributed by atoms with E-state index >= 15 is 0 Å². The van der Waals surface area contributed by atoms with Crippen LogP contribution < -0.4 is 16.0 Å². The molecule has 7 atom stereocenters. The SMILES string of the molecule is CC(NC(=O)C(F)F)[C@H]1C(=O)N2C(C(=O)O)=C(S[C@@H]3CN[C@H](C(=O)N4CCNC[C@@H]4C)C3)[C@H](C)[C@H]12. The maximum Gasteiger partial charge on any atom is 0.353 e. The first-order valence-corrected chi connectivity index (χ1v) is 12.7. The summed E-state index contributed by atoms with van der Waals surface area (Å²) >= 11 is 1.36. The summed E-state index contributed by atoms with van der Waals surface area (Å²) in [5.41, 5.74) is -0.0911. The highest BCUT2D eigenvalue weighted by Gasteiger charge is 2.60. The Bertz CT molecular complexity index is 949. The molecule has 3 saturated heterocycles. The second-order valence-electron chi connectivity index (χ2n) is 9.65. The summed E-state index contributed by atoms with van der Waals surface area (Å²) in [5.74, 6) is -4.28. The fraction of sp³-hybridized carbons (Fsp3) is 0.727. The van der Waals surface area contributed by atoms with Gasteiger partial charge in [-0.1, -0.05) is 6.92 Å². The van der Waals surface area contributed by atoms with Crippen LogP contribution in [0.25, 0.3) is 0 Å². The third-order valence-corrected chi connectivity index (χ3v) is 8.88. The molecule has 0 spiro atoms. The molecule has 3 fully saturated rings. The molecule has 4 aliphatic heterocycles. The molecule has 1 unspecified atom stereocenters. The van der Waals surface area contributed by atoms with Gasteiger partial charge in [0, 0.05) is 54.3 Å². The summed E-state index contributed by atoms with van der Waals surface area (Å²) in [5, 5.41) is 18.5. The molecule has 194 valence electrons. The summed E-state index contributed by atoms with van der Waals surface area (Å²) in [7, 11) is 0. The van der Waals surface area contributed by atoms with Crippen LogP contribution in [-0.2, 0) is 19.2 Å². The standard InChI is InChI=1S/C22H31F2N5O5S/c1-9-7-25-4-5-28(9)20(31)13-6-12(8-26-13)35-17-10(2)15-14(11(3)27-19(30)18(23)24)21(32)29(15)16(17)22(33)34/h9-15,18,25-26H,4-8H2,1-3H3,(H,27,30)(H,33,34)/t9-,10+,11?,12-,13-,14+,15+/m0/s1. The highest BCUT2D eigenvalue weighted by molar-refractivity contribution is 8.03. The molecule has 35 heavy (non-hydrogen) atoms. The number of carboxylic acid groups (broad SMARTS) is 1. The number of amides is 3. The first kappa shape index (κ1) is 25.8. The molecular formula is C22H31F2N5O5S. The van der Waals surface area contributed by atoms with E-state index in [1.54, 1.807) is 0 Å². The number of hydrogen-bond donors (Lipinski definition) is 4. The maximum absolute atomic E-state index is 13.0. The maximum atomic E-state index is 13.0. The van der Waals surface area contributed by atoms with Crippen LogP contribution in [0.4, 0.5) is 8.78 Å². The lowest BCUT2D eigenvalue weighted by Gasteiger charge is -2.47. The van der Waals surface area contributed by atoms with Crippen LogP contribution in [-0.4, -0.2) is 101 Å². The molecule has 0 radical (unpaired) electrons. The smallest absolute Gasteiger partial charge is 0.353 e. The molecule has 0 aromatic heterocycles. The van der Waals surface area contributed by atoms with Crippen molar-refractivity contribution in [3.05, 3.63) is 10.6 Å². The van der Waals surface area contributed by atoms with Crippen molar-refractivity contribution in [1.29, 1.82) is 0 Å². The Hall–Kier alpha value is -2.25. The largest absolute Gasteiger partial charge is 0.477 e. The fourth-order valence-electron chi connectivity index (χ4n) is 5.60. The number of nitrogens with zero attached hydrogens (tertiary/aromatic N) is 2. The number of fused-ring (bicyclic) bond motifs is 1. The van der Waals surface area contributed by atoms with Gasteiger partial charge in [-0.15, -0.1) is 11.8 Å². The van der Waals surface area contributed by atoms with Gasteiger partial charge in [0.1, 0.15) is 5.70 Å². The van der Waals surface area contributed by atoms with Gasteiger partial charge in [0.05, 0.1) is 18.0 Å². The zero-order valence-electron chi connectivity index (χ0n) is 19.8. The van der Waals surface area contributed by atoms with Crippen molar-refractivity contribution in [3.8, 4) is 0 Å². The van der Waals surface area contributed by atoms with E-state index in [0.29, 0.717) is 24.4 Å². The molecule has 0 aromatic rings. The predicted molar refractivity (Wildman–Crippen MR) is 123 cm³/mol. The number of piperazine rings is 1. The topological polar surface area (TPSA) is 131 Å². The molecule has 0 aliphatic carbocycles. The Morgan fingerprint density at radius 1 is 1.23 bits per heavy atom. The normalized spacial score (nSPS) is 33.6. The number of halogens is 2. The number of hydrogen-bond acceptors (Lipinski definition) is 7. The van der Waals surface area contributed by atoms with E-state index in [1.165, 1.54) is 23.6 Å². The van der Waals surface area contributed by atoms with Crippen LogP contribution in [0.2, 0.25) is 0 Å². The number of carboxylic acids is 1.